The summed E-state index contributed by atoms with van der Waals surface area (Å²) in [5.41, 5.74) is 7.36. The first-order chi connectivity index (χ1) is 14.5. The van der Waals surface area contributed by atoms with Crippen molar-refractivity contribution in [2.75, 3.05) is 29.5 Å². The number of sulfonamides is 1. The molecule has 0 saturated heterocycles. The van der Waals surface area contributed by atoms with E-state index in [9.17, 15) is 8.42 Å². The van der Waals surface area contributed by atoms with Gasteiger partial charge < -0.3 is 10.6 Å². The minimum atomic E-state index is -3.13. The fourth-order valence-corrected chi connectivity index (χ4v) is 5.84. The van der Waals surface area contributed by atoms with Crippen LogP contribution in [0, 0.1) is 0 Å². The second-order valence-corrected chi connectivity index (χ2v) is 10.7. The van der Waals surface area contributed by atoms with Crippen LogP contribution in [0.15, 0.2) is 47.6 Å². The van der Waals surface area contributed by atoms with E-state index in [1.807, 2.05) is 29.9 Å². The van der Waals surface area contributed by atoms with Crippen LogP contribution in [0.3, 0.4) is 0 Å². The van der Waals surface area contributed by atoms with Gasteiger partial charge in [-0.25, -0.2) is 18.4 Å². The molecule has 156 valence electrons. The molecule has 9 heteroatoms. The number of thiazole rings is 1. The van der Waals surface area contributed by atoms with Gasteiger partial charge in [0, 0.05) is 42.6 Å². The molecule has 1 aromatic carbocycles. The quantitative estimate of drug-likeness (QED) is 0.587. The molecule has 30 heavy (non-hydrogen) atoms. The maximum Gasteiger partial charge on any atom is 0.214 e. The Balaban J connectivity index is 1.34. The summed E-state index contributed by atoms with van der Waals surface area (Å²) in [5, 5.41) is 7.06. The van der Waals surface area contributed by atoms with Gasteiger partial charge in [-0.3, -0.25) is 0 Å². The van der Waals surface area contributed by atoms with Crippen LogP contribution in [0.25, 0.3) is 10.2 Å². The molecule has 7 nitrogen and oxygen atoms in total. The van der Waals surface area contributed by atoms with Crippen molar-refractivity contribution in [3.63, 3.8) is 0 Å². The van der Waals surface area contributed by atoms with Crippen LogP contribution in [-0.4, -0.2) is 47.6 Å². The number of hydrogen-bond acceptors (Lipinski definition) is 7. The first-order valence-corrected chi connectivity index (χ1v) is 12.5. The summed E-state index contributed by atoms with van der Waals surface area (Å²) in [4.78, 5) is 8.86. The maximum absolute atomic E-state index is 12.1. The Bertz CT molecular complexity index is 1240. The number of nitrogens with zero attached hydrogens (tertiary/aromatic N) is 3. The standard InChI is InChI=1S/C21H23N5O2S2/c1-2-30(27,28)26-9-6-14(7-10-26)19-12-16-17(5-8-22-21(16)25-19)24-15-3-4-18-20(11-15)29-13-23-18/h3-6,8,11,13,19H,2,7,9-10,12H2,1H3,(H2,22,24,25). The zero-order chi connectivity index (χ0) is 20.7. The highest BCUT2D eigenvalue weighted by Gasteiger charge is 2.30. The monoisotopic (exact) mass is 441 g/mol. The molecular weight excluding hydrogens is 418 g/mol. The molecule has 0 saturated carbocycles. The molecule has 2 aliphatic heterocycles. The molecule has 0 fully saturated rings. The molecule has 4 heterocycles. The van der Waals surface area contributed by atoms with Crippen molar-refractivity contribution in [2.45, 2.75) is 25.8 Å². The molecule has 2 N–H and O–H groups in total. The van der Waals surface area contributed by atoms with Crippen LogP contribution in [0.5, 0.6) is 0 Å². The zero-order valence-corrected chi connectivity index (χ0v) is 18.3. The first kappa shape index (κ1) is 19.5. The maximum atomic E-state index is 12.1. The third-order valence-corrected chi connectivity index (χ3v) is 8.44. The van der Waals surface area contributed by atoms with E-state index in [2.05, 4.69) is 32.7 Å². The fraction of sp³-hybridized carbons (Fsp3) is 0.333. The summed E-state index contributed by atoms with van der Waals surface area (Å²) in [5.74, 6) is 1.05. The van der Waals surface area contributed by atoms with E-state index in [1.165, 1.54) is 5.57 Å². The van der Waals surface area contributed by atoms with E-state index in [0.717, 1.165) is 45.8 Å². The summed E-state index contributed by atoms with van der Waals surface area (Å²) in [6.07, 6.45) is 5.45. The van der Waals surface area contributed by atoms with Gasteiger partial charge in [-0.15, -0.1) is 11.3 Å². The minimum absolute atomic E-state index is 0.148. The zero-order valence-electron chi connectivity index (χ0n) is 16.6. The predicted octanol–water partition coefficient (Wildman–Crippen LogP) is 3.75. The number of nitrogens with one attached hydrogen (secondary N) is 2. The average molecular weight is 442 g/mol. The Morgan fingerprint density at radius 1 is 1.30 bits per heavy atom. The number of fused-ring (bicyclic) bond motifs is 2. The van der Waals surface area contributed by atoms with Crippen molar-refractivity contribution in [1.29, 1.82) is 0 Å². The molecule has 0 amide bonds. The van der Waals surface area contributed by atoms with Gasteiger partial charge in [0.2, 0.25) is 10.0 Å². The Morgan fingerprint density at radius 3 is 3.00 bits per heavy atom. The van der Waals surface area contributed by atoms with E-state index < -0.39 is 10.0 Å². The summed E-state index contributed by atoms with van der Waals surface area (Å²) in [6.45, 7) is 2.69. The van der Waals surface area contributed by atoms with E-state index in [4.69, 9.17) is 0 Å². The Kier molecular flexibility index (Phi) is 4.96. The van der Waals surface area contributed by atoms with Crippen molar-refractivity contribution in [2.24, 2.45) is 0 Å². The van der Waals surface area contributed by atoms with E-state index in [1.54, 1.807) is 22.6 Å². The van der Waals surface area contributed by atoms with Crippen molar-refractivity contribution < 1.29 is 8.42 Å². The van der Waals surface area contributed by atoms with Gasteiger partial charge in [-0.05, 0) is 43.2 Å². The van der Waals surface area contributed by atoms with E-state index in [-0.39, 0.29) is 11.8 Å². The summed E-state index contributed by atoms with van der Waals surface area (Å²) >= 11 is 1.63. The van der Waals surface area contributed by atoms with Gasteiger partial charge in [-0.1, -0.05) is 6.08 Å². The molecular formula is C21H23N5O2S2. The summed E-state index contributed by atoms with van der Waals surface area (Å²) in [7, 11) is -3.13. The predicted molar refractivity (Wildman–Crippen MR) is 122 cm³/mol. The normalized spacial score (nSPS) is 19.4. The van der Waals surface area contributed by atoms with Crippen LogP contribution < -0.4 is 10.6 Å². The number of pyridine rings is 1. The number of rotatable bonds is 5. The number of aromatic nitrogens is 2. The van der Waals surface area contributed by atoms with Crippen LogP contribution in [0.1, 0.15) is 18.9 Å². The lowest BCUT2D eigenvalue weighted by atomic mass is 9.98. The molecule has 3 aromatic rings. The van der Waals surface area contributed by atoms with Gasteiger partial charge in [0.1, 0.15) is 5.82 Å². The highest BCUT2D eigenvalue weighted by atomic mass is 32.2. The molecule has 1 unspecified atom stereocenters. The topological polar surface area (TPSA) is 87.2 Å². The first-order valence-electron chi connectivity index (χ1n) is 10.0. The van der Waals surface area contributed by atoms with Gasteiger partial charge in [0.25, 0.3) is 0 Å². The van der Waals surface area contributed by atoms with E-state index in [0.29, 0.717) is 13.1 Å². The molecule has 0 spiro atoms. The molecule has 0 radical (unpaired) electrons. The Labute approximate surface area is 179 Å². The largest absolute Gasteiger partial charge is 0.363 e. The third kappa shape index (κ3) is 3.57. The van der Waals surface area contributed by atoms with Crippen molar-refractivity contribution in [3.05, 3.63) is 53.2 Å². The van der Waals surface area contributed by atoms with Crippen molar-refractivity contribution in [1.82, 2.24) is 14.3 Å². The lowest BCUT2D eigenvalue weighted by molar-refractivity contribution is 0.427. The average Bonchev–Trinajstić information content (AvgIpc) is 3.41. The van der Waals surface area contributed by atoms with Gasteiger partial charge in [0.15, 0.2) is 0 Å². The molecule has 1 atom stereocenters. The second-order valence-electron chi connectivity index (χ2n) is 7.53. The highest BCUT2D eigenvalue weighted by Crippen LogP contribution is 2.36. The van der Waals surface area contributed by atoms with Crippen LogP contribution in [0.2, 0.25) is 0 Å². The molecule has 2 aliphatic rings. The van der Waals surface area contributed by atoms with Crippen LogP contribution in [0.4, 0.5) is 17.2 Å². The van der Waals surface area contributed by atoms with Crippen LogP contribution in [-0.2, 0) is 16.4 Å². The molecule has 2 aromatic heterocycles. The Morgan fingerprint density at radius 2 is 2.20 bits per heavy atom. The Hall–Kier alpha value is -2.49. The number of hydrogen-bond donors (Lipinski definition) is 2. The van der Waals surface area contributed by atoms with Crippen molar-refractivity contribution >= 4 is 48.8 Å². The third-order valence-electron chi connectivity index (χ3n) is 5.80. The fourth-order valence-electron chi connectivity index (χ4n) is 4.09. The van der Waals surface area contributed by atoms with Gasteiger partial charge in [0.05, 0.1) is 27.5 Å². The lowest BCUT2D eigenvalue weighted by Crippen LogP contribution is -2.37. The summed E-state index contributed by atoms with van der Waals surface area (Å²) in [6, 6.07) is 8.35. The molecule has 0 bridgehead atoms. The van der Waals surface area contributed by atoms with Crippen LogP contribution >= 0.6 is 11.3 Å². The van der Waals surface area contributed by atoms with E-state index >= 15 is 0 Å². The number of anilines is 3. The SMILES string of the molecule is CCS(=O)(=O)N1CC=C(C2Cc3c(Nc4ccc5ncsc5c4)ccnc3N2)CC1. The van der Waals surface area contributed by atoms with Gasteiger partial charge >= 0.3 is 0 Å². The number of benzene rings is 1. The minimum Gasteiger partial charge on any atom is -0.363 e. The molecule has 0 aliphatic carbocycles. The summed E-state index contributed by atoms with van der Waals surface area (Å²) < 4.78 is 26.9. The lowest BCUT2D eigenvalue weighted by Gasteiger charge is -2.27. The smallest absolute Gasteiger partial charge is 0.214 e. The van der Waals surface area contributed by atoms with Crippen molar-refractivity contribution in [3.8, 4) is 0 Å². The highest BCUT2D eigenvalue weighted by molar-refractivity contribution is 7.89. The van der Waals surface area contributed by atoms with Gasteiger partial charge in [-0.2, -0.15) is 4.31 Å². The second kappa shape index (κ2) is 7.64. The molecule has 5 rings (SSSR count).